The second-order valence-electron chi connectivity index (χ2n) is 7.04. The van der Waals surface area contributed by atoms with Gasteiger partial charge in [0.05, 0.1) is 18.7 Å². The van der Waals surface area contributed by atoms with Crippen LogP contribution in [0.15, 0.2) is 54.6 Å². The lowest BCUT2D eigenvalue weighted by atomic mass is 10.1. The fraction of sp³-hybridized carbons (Fsp3) is 0.227. The lowest BCUT2D eigenvalue weighted by molar-refractivity contribution is -0.123. The second kappa shape index (κ2) is 7.89. The zero-order chi connectivity index (χ0) is 20.4. The van der Waals surface area contributed by atoms with E-state index in [0.29, 0.717) is 18.1 Å². The van der Waals surface area contributed by atoms with Crippen molar-refractivity contribution in [1.29, 1.82) is 0 Å². The molecule has 1 aliphatic rings. The lowest BCUT2D eigenvalue weighted by Gasteiger charge is -2.10. The van der Waals surface area contributed by atoms with Crippen molar-refractivity contribution in [2.24, 2.45) is 0 Å². The SMILES string of the molecule is COCc1nn2c(c1-c1ccccc1)NC(=O)C2CC(=O)Nc1cccc(C)c1. The first-order chi connectivity index (χ1) is 14.1. The van der Waals surface area contributed by atoms with Crippen LogP contribution in [0.25, 0.3) is 11.1 Å². The molecule has 2 N–H and O–H groups in total. The number of nitrogens with one attached hydrogen (secondary N) is 2. The van der Waals surface area contributed by atoms with Crippen LogP contribution in [0, 0.1) is 6.92 Å². The minimum absolute atomic E-state index is 0.00485. The van der Waals surface area contributed by atoms with Crippen LogP contribution in [0.4, 0.5) is 11.5 Å². The number of aryl methyl sites for hydroxylation is 1. The molecule has 7 heteroatoms. The van der Waals surface area contributed by atoms with Gasteiger partial charge in [-0.3, -0.25) is 9.59 Å². The summed E-state index contributed by atoms with van der Waals surface area (Å²) < 4.78 is 6.90. The van der Waals surface area contributed by atoms with Crippen molar-refractivity contribution in [2.45, 2.75) is 26.0 Å². The lowest BCUT2D eigenvalue weighted by Crippen LogP contribution is -2.24. The molecular weight excluding hydrogens is 368 g/mol. The molecule has 3 aromatic rings. The first kappa shape index (κ1) is 18.9. The van der Waals surface area contributed by atoms with E-state index in [1.54, 1.807) is 11.8 Å². The van der Waals surface area contributed by atoms with Crippen LogP contribution in [-0.2, 0) is 20.9 Å². The van der Waals surface area contributed by atoms with Crippen LogP contribution in [0.5, 0.6) is 0 Å². The van der Waals surface area contributed by atoms with Gasteiger partial charge in [-0.2, -0.15) is 5.10 Å². The van der Waals surface area contributed by atoms with Crippen LogP contribution in [-0.4, -0.2) is 28.7 Å². The predicted octanol–water partition coefficient (Wildman–Crippen LogP) is 3.53. The summed E-state index contributed by atoms with van der Waals surface area (Å²) in [5.41, 5.74) is 4.23. The van der Waals surface area contributed by atoms with Gasteiger partial charge in [-0.15, -0.1) is 0 Å². The Bertz CT molecular complexity index is 1060. The number of hydrogen-bond donors (Lipinski definition) is 2. The summed E-state index contributed by atoms with van der Waals surface area (Å²) >= 11 is 0. The third-order valence-corrected chi connectivity index (χ3v) is 4.85. The number of benzene rings is 2. The van der Waals surface area contributed by atoms with E-state index in [2.05, 4.69) is 15.7 Å². The van der Waals surface area contributed by atoms with Crippen molar-refractivity contribution < 1.29 is 14.3 Å². The Hall–Kier alpha value is -3.45. The minimum Gasteiger partial charge on any atom is -0.378 e. The Labute approximate surface area is 168 Å². The number of ether oxygens (including phenoxy) is 1. The van der Waals surface area contributed by atoms with Gasteiger partial charge in [0.2, 0.25) is 5.91 Å². The maximum Gasteiger partial charge on any atom is 0.251 e. The molecule has 2 amide bonds. The molecule has 0 spiro atoms. The Morgan fingerprint density at radius 1 is 1.21 bits per heavy atom. The molecule has 4 rings (SSSR count). The highest BCUT2D eigenvalue weighted by atomic mass is 16.5. The average molecular weight is 390 g/mol. The summed E-state index contributed by atoms with van der Waals surface area (Å²) in [6.45, 7) is 2.26. The third-order valence-electron chi connectivity index (χ3n) is 4.85. The summed E-state index contributed by atoms with van der Waals surface area (Å²) in [6, 6.07) is 16.5. The standard InChI is InChI=1S/C22H22N4O3/c1-14-7-6-10-16(11-14)23-19(27)12-18-22(28)24-21-20(15-8-4-3-5-9-15)17(13-29-2)25-26(18)21/h3-11,18H,12-13H2,1-2H3,(H,23,27)(H,24,28). The van der Waals surface area contributed by atoms with Crippen LogP contribution < -0.4 is 10.6 Å². The smallest absolute Gasteiger partial charge is 0.251 e. The zero-order valence-corrected chi connectivity index (χ0v) is 16.3. The molecule has 2 aromatic carbocycles. The average Bonchev–Trinajstić information content (AvgIpc) is 3.18. The first-order valence-electron chi connectivity index (χ1n) is 9.40. The number of rotatable bonds is 6. The van der Waals surface area contributed by atoms with Crippen molar-refractivity contribution in [1.82, 2.24) is 9.78 Å². The van der Waals surface area contributed by atoms with Crippen molar-refractivity contribution in [3.05, 3.63) is 65.9 Å². The number of carbonyl (C=O) groups is 2. The summed E-state index contributed by atoms with van der Waals surface area (Å²) in [4.78, 5) is 25.2. The molecule has 0 aliphatic carbocycles. The number of amides is 2. The maximum atomic E-state index is 12.6. The maximum absolute atomic E-state index is 12.6. The highest BCUT2D eigenvalue weighted by Crippen LogP contribution is 2.38. The second-order valence-corrected chi connectivity index (χ2v) is 7.04. The molecule has 2 heterocycles. The van der Waals surface area contributed by atoms with E-state index in [0.717, 1.165) is 22.4 Å². The van der Waals surface area contributed by atoms with Crippen molar-refractivity contribution in [3.8, 4) is 11.1 Å². The van der Waals surface area contributed by atoms with E-state index in [-0.39, 0.29) is 18.2 Å². The van der Waals surface area contributed by atoms with Crippen LogP contribution >= 0.6 is 0 Å². The van der Waals surface area contributed by atoms with Crippen LogP contribution in [0.3, 0.4) is 0 Å². The molecule has 0 fully saturated rings. The number of aromatic nitrogens is 2. The molecule has 0 radical (unpaired) electrons. The van der Waals surface area contributed by atoms with Crippen molar-refractivity contribution >= 4 is 23.3 Å². The van der Waals surface area contributed by atoms with E-state index in [9.17, 15) is 9.59 Å². The normalized spacial score (nSPS) is 15.1. The zero-order valence-electron chi connectivity index (χ0n) is 16.3. The Morgan fingerprint density at radius 2 is 2.00 bits per heavy atom. The van der Waals surface area contributed by atoms with Crippen molar-refractivity contribution in [3.63, 3.8) is 0 Å². The summed E-state index contributed by atoms with van der Waals surface area (Å²) in [6.07, 6.45) is -0.00485. The molecule has 148 valence electrons. The molecular formula is C22H22N4O3. The van der Waals surface area contributed by atoms with Gasteiger partial charge in [0, 0.05) is 18.4 Å². The Kier molecular flexibility index (Phi) is 5.14. The minimum atomic E-state index is -0.706. The topological polar surface area (TPSA) is 85.2 Å². The highest BCUT2D eigenvalue weighted by Gasteiger charge is 2.37. The number of nitrogens with zero attached hydrogens (tertiary/aromatic N) is 2. The van der Waals surface area contributed by atoms with Crippen molar-refractivity contribution in [2.75, 3.05) is 17.7 Å². The highest BCUT2D eigenvalue weighted by molar-refractivity contribution is 6.04. The van der Waals surface area contributed by atoms with Gasteiger partial charge in [0.1, 0.15) is 11.9 Å². The van der Waals surface area contributed by atoms with Gasteiger partial charge >= 0.3 is 0 Å². The summed E-state index contributed by atoms with van der Waals surface area (Å²) in [5, 5.41) is 10.3. The fourth-order valence-electron chi connectivity index (χ4n) is 3.57. The third kappa shape index (κ3) is 3.77. The largest absolute Gasteiger partial charge is 0.378 e. The van der Waals surface area contributed by atoms with Crippen LogP contribution in [0.2, 0.25) is 0 Å². The number of methoxy groups -OCH3 is 1. The summed E-state index contributed by atoms with van der Waals surface area (Å²) in [5.74, 6) is 0.114. The predicted molar refractivity (Wildman–Crippen MR) is 110 cm³/mol. The van der Waals surface area contributed by atoms with E-state index >= 15 is 0 Å². The summed E-state index contributed by atoms with van der Waals surface area (Å²) in [7, 11) is 1.60. The number of hydrogen-bond acceptors (Lipinski definition) is 4. The molecule has 1 atom stereocenters. The van der Waals surface area contributed by atoms with Gasteiger partial charge in [-0.1, -0.05) is 42.5 Å². The number of carbonyl (C=O) groups excluding carboxylic acids is 2. The van der Waals surface area contributed by atoms with E-state index in [4.69, 9.17) is 4.74 Å². The molecule has 0 bridgehead atoms. The molecule has 1 aliphatic heterocycles. The molecule has 1 unspecified atom stereocenters. The Morgan fingerprint density at radius 3 is 2.72 bits per heavy atom. The molecule has 0 saturated heterocycles. The molecule has 29 heavy (non-hydrogen) atoms. The van der Waals surface area contributed by atoms with Gasteiger partial charge < -0.3 is 15.4 Å². The molecule has 7 nitrogen and oxygen atoms in total. The fourth-order valence-corrected chi connectivity index (χ4v) is 3.57. The number of fused-ring (bicyclic) bond motifs is 1. The first-order valence-corrected chi connectivity index (χ1v) is 9.40. The van der Waals surface area contributed by atoms with Gasteiger partial charge in [-0.05, 0) is 30.2 Å². The van der Waals surface area contributed by atoms with Gasteiger partial charge in [0.25, 0.3) is 5.91 Å². The van der Waals surface area contributed by atoms with E-state index < -0.39 is 6.04 Å². The monoisotopic (exact) mass is 390 g/mol. The van der Waals surface area contributed by atoms with Gasteiger partial charge in [-0.25, -0.2) is 4.68 Å². The molecule has 0 saturated carbocycles. The quantitative estimate of drug-likeness (QED) is 0.674. The van der Waals surface area contributed by atoms with E-state index in [1.165, 1.54) is 0 Å². The molecule has 1 aromatic heterocycles. The van der Waals surface area contributed by atoms with E-state index in [1.807, 2.05) is 61.5 Å². The number of anilines is 2. The van der Waals surface area contributed by atoms with Gasteiger partial charge in [0.15, 0.2) is 0 Å². The Balaban J connectivity index is 1.62. The van der Waals surface area contributed by atoms with Crippen LogP contribution in [0.1, 0.15) is 23.7 Å².